The maximum Gasteiger partial charge on any atom is 0.391 e. The highest BCUT2D eigenvalue weighted by molar-refractivity contribution is 5.55. The summed E-state index contributed by atoms with van der Waals surface area (Å²) in [5, 5.41) is 2.77. The molecule has 1 atom stereocenters. The highest BCUT2D eigenvalue weighted by Gasteiger charge is 2.30. The second kappa shape index (κ2) is 5.46. The quantitative estimate of drug-likeness (QED) is 0.895. The minimum absolute atomic E-state index is 0.284. The van der Waals surface area contributed by atoms with E-state index in [9.17, 15) is 13.2 Å². The van der Waals surface area contributed by atoms with Crippen LogP contribution in [-0.2, 0) is 5.41 Å². The summed E-state index contributed by atoms with van der Waals surface area (Å²) in [6.45, 7) is 8.90. The third kappa shape index (κ3) is 4.54. The molecule has 3 N–H and O–H groups in total. The molecule has 20 heavy (non-hydrogen) atoms. The van der Waals surface area contributed by atoms with Gasteiger partial charge in [0.05, 0.1) is 6.42 Å². The molecule has 0 aromatic carbocycles. The smallest absolute Gasteiger partial charge is 0.383 e. The lowest BCUT2D eigenvalue weighted by molar-refractivity contribution is -0.136. The van der Waals surface area contributed by atoms with Crippen LogP contribution < -0.4 is 11.1 Å². The van der Waals surface area contributed by atoms with Crippen molar-refractivity contribution in [2.45, 2.75) is 58.7 Å². The molecule has 1 aromatic heterocycles. The van der Waals surface area contributed by atoms with E-state index in [0.29, 0.717) is 17.2 Å². The predicted molar refractivity (Wildman–Crippen MR) is 73.6 cm³/mol. The number of anilines is 2. The number of hydrogen-bond acceptors (Lipinski definition) is 4. The molecule has 0 aliphatic carbocycles. The molecule has 1 unspecified atom stereocenters. The van der Waals surface area contributed by atoms with E-state index >= 15 is 0 Å². The number of nitrogens with zero attached hydrogens (tertiary/aromatic N) is 2. The number of aromatic nitrogens is 2. The zero-order valence-electron chi connectivity index (χ0n) is 12.4. The van der Waals surface area contributed by atoms with E-state index in [-0.39, 0.29) is 11.2 Å². The SMILES string of the molecule is Cc1c(N)nc(C(C)(C)C)nc1NC(C)CC(F)(F)F. The van der Waals surface area contributed by atoms with Gasteiger partial charge in [0.15, 0.2) is 0 Å². The van der Waals surface area contributed by atoms with E-state index < -0.39 is 18.6 Å². The van der Waals surface area contributed by atoms with Crippen molar-refractivity contribution in [3.8, 4) is 0 Å². The van der Waals surface area contributed by atoms with Crippen molar-refractivity contribution < 1.29 is 13.2 Å². The van der Waals surface area contributed by atoms with Crippen LogP contribution in [0.25, 0.3) is 0 Å². The second-order valence-corrected chi connectivity index (χ2v) is 6.02. The molecule has 0 aliphatic heterocycles. The van der Waals surface area contributed by atoms with Gasteiger partial charge >= 0.3 is 6.18 Å². The molecule has 0 radical (unpaired) electrons. The van der Waals surface area contributed by atoms with Crippen molar-refractivity contribution in [2.75, 3.05) is 11.1 Å². The predicted octanol–water partition coefficient (Wildman–Crippen LogP) is 3.42. The molecule has 114 valence electrons. The van der Waals surface area contributed by atoms with E-state index in [1.807, 2.05) is 20.8 Å². The summed E-state index contributed by atoms with van der Waals surface area (Å²) in [7, 11) is 0. The topological polar surface area (TPSA) is 63.8 Å². The van der Waals surface area contributed by atoms with Gasteiger partial charge in [0.1, 0.15) is 17.5 Å². The van der Waals surface area contributed by atoms with Gasteiger partial charge in [-0.25, -0.2) is 9.97 Å². The Morgan fingerprint density at radius 3 is 2.20 bits per heavy atom. The lowest BCUT2D eigenvalue weighted by atomic mass is 9.95. The monoisotopic (exact) mass is 290 g/mol. The molecule has 0 fully saturated rings. The van der Waals surface area contributed by atoms with Gasteiger partial charge in [-0.2, -0.15) is 13.2 Å². The van der Waals surface area contributed by atoms with Crippen molar-refractivity contribution in [3.63, 3.8) is 0 Å². The highest BCUT2D eigenvalue weighted by atomic mass is 19.4. The number of rotatable bonds is 3. The maximum atomic E-state index is 12.4. The molecule has 1 rings (SSSR count). The van der Waals surface area contributed by atoms with Crippen molar-refractivity contribution in [2.24, 2.45) is 0 Å². The number of nitrogens with one attached hydrogen (secondary N) is 1. The first kappa shape index (κ1) is 16.5. The number of alkyl halides is 3. The summed E-state index contributed by atoms with van der Waals surface area (Å²) in [6.07, 6.45) is -5.15. The number of nitrogen functional groups attached to an aromatic ring is 1. The Labute approximate surface area is 117 Å². The van der Waals surface area contributed by atoms with Crippen molar-refractivity contribution in [1.82, 2.24) is 9.97 Å². The Kier molecular flexibility index (Phi) is 4.51. The van der Waals surface area contributed by atoms with E-state index in [1.54, 1.807) is 6.92 Å². The van der Waals surface area contributed by atoms with Crippen LogP contribution in [0.1, 0.15) is 45.5 Å². The highest BCUT2D eigenvalue weighted by Crippen LogP contribution is 2.27. The van der Waals surface area contributed by atoms with E-state index in [4.69, 9.17) is 5.73 Å². The fraction of sp³-hybridized carbons (Fsp3) is 0.692. The summed E-state index contributed by atoms with van der Waals surface area (Å²) >= 11 is 0. The normalized spacial score (nSPS) is 14.2. The number of hydrogen-bond donors (Lipinski definition) is 2. The second-order valence-electron chi connectivity index (χ2n) is 6.02. The number of halogens is 3. The molecule has 0 amide bonds. The first-order valence-corrected chi connectivity index (χ1v) is 6.38. The third-order valence-electron chi connectivity index (χ3n) is 2.78. The van der Waals surface area contributed by atoms with Crippen molar-refractivity contribution >= 4 is 11.6 Å². The summed E-state index contributed by atoms with van der Waals surface area (Å²) < 4.78 is 37.1. The van der Waals surface area contributed by atoms with Crippen LogP contribution in [0.5, 0.6) is 0 Å². The minimum Gasteiger partial charge on any atom is -0.383 e. The third-order valence-corrected chi connectivity index (χ3v) is 2.78. The van der Waals surface area contributed by atoms with Crippen LogP contribution in [0, 0.1) is 6.92 Å². The Hall–Kier alpha value is -1.53. The molecule has 1 aromatic rings. The van der Waals surface area contributed by atoms with Gasteiger partial charge in [-0.15, -0.1) is 0 Å². The summed E-state index contributed by atoms with van der Waals surface area (Å²) in [5.74, 6) is 1.15. The maximum absolute atomic E-state index is 12.4. The summed E-state index contributed by atoms with van der Waals surface area (Å²) in [6, 6.07) is -0.782. The molecule has 4 nitrogen and oxygen atoms in total. The summed E-state index contributed by atoms with van der Waals surface area (Å²) in [4.78, 5) is 8.50. The molecule has 0 bridgehead atoms. The summed E-state index contributed by atoms with van der Waals surface area (Å²) in [5.41, 5.74) is 6.04. The van der Waals surface area contributed by atoms with E-state index in [1.165, 1.54) is 6.92 Å². The molecule has 0 saturated carbocycles. The number of nitrogens with two attached hydrogens (primary N) is 1. The molecule has 0 saturated heterocycles. The molecular weight excluding hydrogens is 269 g/mol. The zero-order valence-corrected chi connectivity index (χ0v) is 12.4. The molecule has 1 heterocycles. The van der Waals surface area contributed by atoms with Gasteiger partial charge in [0.2, 0.25) is 0 Å². The lowest BCUT2D eigenvalue weighted by Gasteiger charge is -2.22. The Morgan fingerprint density at radius 2 is 1.75 bits per heavy atom. The van der Waals surface area contributed by atoms with Crippen LogP contribution in [0.2, 0.25) is 0 Å². The van der Waals surface area contributed by atoms with Gasteiger partial charge in [0, 0.05) is 17.0 Å². The van der Waals surface area contributed by atoms with Gasteiger partial charge < -0.3 is 11.1 Å². The van der Waals surface area contributed by atoms with E-state index in [2.05, 4.69) is 15.3 Å². The van der Waals surface area contributed by atoms with Crippen LogP contribution in [0.15, 0.2) is 0 Å². The van der Waals surface area contributed by atoms with Crippen LogP contribution in [-0.4, -0.2) is 22.2 Å². The fourth-order valence-corrected chi connectivity index (χ4v) is 1.64. The van der Waals surface area contributed by atoms with Gasteiger partial charge in [-0.05, 0) is 13.8 Å². The first-order chi connectivity index (χ1) is 8.90. The van der Waals surface area contributed by atoms with Gasteiger partial charge in [-0.3, -0.25) is 0 Å². The molecule has 0 aliphatic rings. The standard InChI is InChI=1S/C13H21F3N4/c1-7(6-13(14,15)16)18-10-8(2)9(17)19-11(20-10)12(3,4)5/h7H,6H2,1-5H3,(H3,17,18,19,20). The largest absolute Gasteiger partial charge is 0.391 e. The minimum atomic E-state index is -4.22. The Bertz CT molecular complexity index is 478. The fourth-order valence-electron chi connectivity index (χ4n) is 1.64. The van der Waals surface area contributed by atoms with Crippen LogP contribution >= 0.6 is 0 Å². The average molecular weight is 290 g/mol. The molecule has 7 heteroatoms. The molecule has 0 spiro atoms. The Balaban J connectivity index is 3.03. The average Bonchev–Trinajstić information content (AvgIpc) is 2.20. The van der Waals surface area contributed by atoms with Crippen LogP contribution in [0.3, 0.4) is 0 Å². The Morgan fingerprint density at radius 1 is 1.20 bits per heavy atom. The molecular formula is C13H21F3N4. The van der Waals surface area contributed by atoms with E-state index in [0.717, 1.165) is 0 Å². The van der Waals surface area contributed by atoms with Crippen LogP contribution in [0.4, 0.5) is 24.8 Å². The first-order valence-electron chi connectivity index (χ1n) is 6.38. The van der Waals surface area contributed by atoms with Crippen molar-refractivity contribution in [3.05, 3.63) is 11.4 Å². The zero-order chi connectivity index (χ0) is 15.7. The van der Waals surface area contributed by atoms with Crippen molar-refractivity contribution in [1.29, 1.82) is 0 Å². The lowest BCUT2D eigenvalue weighted by Crippen LogP contribution is -2.26. The van der Waals surface area contributed by atoms with Gasteiger partial charge in [-0.1, -0.05) is 20.8 Å². The van der Waals surface area contributed by atoms with Gasteiger partial charge in [0.25, 0.3) is 0 Å².